The van der Waals surface area contributed by atoms with Crippen molar-refractivity contribution in [2.24, 2.45) is 0 Å². The van der Waals surface area contributed by atoms with E-state index >= 15 is 0 Å². The first-order valence-electron chi connectivity index (χ1n) is 7.54. The van der Waals surface area contributed by atoms with Gasteiger partial charge in [-0.1, -0.05) is 19.3 Å². The SMILES string of the molecule is CS(=O)(=O)C1CCCC(N(CC(=O)O)C2CCCC2)C1. The Hall–Kier alpha value is -0.620. The van der Waals surface area contributed by atoms with Gasteiger partial charge in [-0.2, -0.15) is 0 Å². The molecule has 2 fully saturated rings. The predicted octanol–water partition coefficient (Wildman–Crippen LogP) is 1.67. The van der Waals surface area contributed by atoms with Gasteiger partial charge < -0.3 is 5.11 Å². The van der Waals surface area contributed by atoms with E-state index in [2.05, 4.69) is 4.90 Å². The van der Waals surface area contributed by atoms with E-state index in [0.29, 0.717) is 12.5 Å². The summed E-state index contributed by atoms with van der Waals surface area (Å²) in [7, 11) is -3.02. The Bertz CT molecular complexity index is 442. The number of sulfone groups is 1. The van der Waals surface area contributed by atoms with Crippen molar-refractivity contribution in [3.63, 3.8) is 0 Å². The third-order valence-corrected chi connectivity index (χ3v) is 6.42. The van der Waals surface area contributed by atoms with Gasteiger partial charge in [0, 0.05) is 18.3 Å². The van der Waals surface area contributed by atoms with Crippen LogP contribution in [-0.4, -0.2) is 54.5 Å². The minimum Gasteiger partial charge on any atom is -0.480 e. The molecule has 2 rings (SSSR count). The Balaban J connectivity index is 2.09. The van der Waals surface area contributed by atoms with Gasteiger partial charge in [-0.15, -0.1) is 0 Å². The molecule has 0 heterocycles. The molecule has 2 unspecified atom stereocenters. The second kappa shape index (κ2) is 6.43. The van der Waals surface area contributed by atoms with Crippen LogP contribution < -0.4 is 0 Å². The molecule has 5 nitrogen and oxygen atoms in total. The summed E-state index contributed by atoms with van der Waals surface area (Å²) < 4.78 is 23.5. The molecule has 0 radical (unpaired) electrons. The van der Waals surface area contributed by atoms with Crippen LogP contribution in [0.15, 0.2) is 0 Å². The fraction of sp³-hybridized carbons (Fsp3) is 0.929. The topological polar surface area (TPSA) is 74.7 Å². The number of carbonyl (C=O) groups is 1. The molecule has 6 heteroatoms. The van der Waals surface area contributed by atoms with Crippen molar-refractivity contribution in [1.29, 1.82) is 0 Å². The smallest absolute Gasteiger partial charge is 0.317 e. The molecular formula is C14H25NO4S. The Morgan fingerprint density at radius 3 is 2.25 bits per heavy atom. The summed E-state index contributed by atoms with van der Waals surface area (Å²) in [4.78, 5) is 13.2. The lowest BCUT2D eigenvalue weighted by atomic mass is 9.92. The zero-order valence-electron chi connectivity index (χ0n) is 12.1. The highest BCUT2D eigenvalue weighted by atomic mass is 32.2. The molecule has 0 bridgehead atoms. The second-order valence-electron chi connectivity index (χ2n) is 6.28. The Kier molecular flexibility index (Phi) is 5.07. The fourth-order valence-corrected chi connectivity index (χ4v) is 4.93. The maximum atomic E-state index is 11.8. The first-order valence-corrected chi connectivity index (χ1v) is 9.50. The highest BCUT2D eigenvalue weighted by Crippen LogP contribution is 2.32. The molecule has 0 aliphatic heterocycles. The summed E-state index contributed by atoms with van der Waals surface area (Å²) in [5.74, 6) is -0.807. The first-order chi connectivity index (χ1) is 9.38. The number of rotatable bonds is 5. The monoisotopic (exact) mass is 303 g/mol. The average Bonchev–Trinajstić information content (AvgIpc) is 2.88. The molecule has 0 spiro atoms. The van der Waals surface area contributed by atoms with E-state index in [1.807, 2.05) is 0 Å². The molecule has 1 N–H and O–H groups in total. The van der Waals surface area contributed by atoms with Gasteiger partial charge in [-0.25, -0.2) is 8.42 Å². The lowest BCUT2D eigenvalue weighted by molar-refractivity contribution is -0.139. The number of carboxylic acid groups (broad SMARTS) is 1. The second-order valence-corrected chi connectivity index (χ2v) is 8.60. The molecule has 0 aromatic heterocycles. The van der Waals surface area contributed by atoms with Crippen molar-refractivity contribution in [1.82, 2.24) is 4.90 Å². The van der Waals surface area contributed by atoms with Gasteiger partial charge in [0.05, 0.1) is 11.8 Å². The molecule has 20 heavy (non-hydrogen) atoms. The van der Waals surface area contributed by atoms with Crippen molar-refractivity contribution < 1.29 is 18.3 Å². The fourth-order valence-electron chi connectivity index (χ4n) is 3.76. The minimum absolute atomic E-state index is 0.0474. The van der Waals surface area contributed by atoms with Crippen LogP contribution in [-0.2, 0) is 14.6 Å². The van der Waals surface area contributed by atoms with E-state index in [9.17, 15) is 13.2 Å². The van der Waals surface area contributed by atoms with Gasteiger partial charge in [0.25, 0.3) is 0 Å². The van der Waals surface area contributed by atoms with Crippen LogP contribution in [0.4, 0.5) is 0 Å². The highest BCUT2D eigenvalue weighted by Gasteiger charge is 2.36. The van der Waals surface area contributed by atoms with Gasteiger partial charge in [0.2, 0.25) is 0 Å². The van der Waals surface area contributed by atoms with Gasteiger partial charge in [0.15, 0.2) is 0 Å². The van der Waals surface area contributed by atoms with Gasteiger partial charge in [0.1, 0.15) is 9.84 Å². The summed E-state index contributed by atoms with van der Waals surface area (Å²) >= 11 is 0. The summed E-state index contributed by atoms with van der Waals surface area (Å²) in [6, 6.07) is 0.442. The molecule has 2 aliphatic carbocycles. The van der Waals surface area contributed by atoms with Crippen LogP contribution in [0.1, 0.15) is 51.4 Å². The van der Waals surface area contributed by atoms with Crippen molar-refractivity contribution in [3.05, 3.63) is 0 Å². The third-order valence-electron chi connectivity index (χ3n) is 4.78. The number of hydrogen-bond acceptors (Lipinski definition) is 4. The zero-order chi connectivity index (χ0) is 14.8. The number of carboxylic acids is 1. The summed E-state index contributed by atoms with van der Waals surface area (Å²) in [5, 5.41) is 8.85. The summed E-state index contributed by atoms with van der Waals surface area (Å²) in [5.41, 5.74) is 0. The molecule has 0 saturated heterocycles. The van der Waals surface area contributed by atoms with Crippen LogP contribution in [0.5, 0.6) is 0 Å². The Morgan fingerprint density at radius 2 is 1.70 bits per heavy atom. The predicted molar refractivity (Wildman–Crippen MR) is 77.5 cm³/mol. The van der Waals surface area contributed by atoms with E-state index in [-0.39, 0.29) is 17.8 Å². The van der Waals surface area contributed by atoms with Crippen LogP contribution in [0.2, 0.25) is 0 Å². The molecule has 2 saturated carbocycles. The van der Waals surface area contributed by atoms with Crippen LogP contribution >= 0.6 is 0 Å². The molecule has 0 amide bonds. The van der Waals surface area contributed by atoms with Gasteiger partial charge in [-0.05, 0) is 32.1 Å². The zero-order valence-corrected chi connectivity index (χ0v) is 12.9. The Morgan fingerprint density at radius 1 is 1.10 bits per heavy atom. The summed E-state index contributed by atoms with van der Waals surface area (Å²) in [6.07, 6.45) is 8.84. The van der Waals surface area contributed by atoms with E-state index in [1.54, 1.807) is 0 Å². The normalized spacial score (nSPS) is 28.9. The minimum atomic E-state index is -3.02. The standard InChI is InChI=1S/C14H25NO4S/c1-20(18,19)13-8-4-7-12(9-13)15(10-14(16)17)11-5-2-3-6-11/h11-13H,2-10H2,1H3,(H,16,17). The highest BCUT2D eigenvalue weighted by molar-refractivity contribution is 7.91. The maximum Gasteiger partial charge on any atom is 0.317 e. The molecule has 2 atom stereocenters. The Labute approximate surface area is 121 Å². The molecular weight excluding hydrogens is 278 g/mol. The maximum absolute atomic E-state index is 11.8. The third kappa shape index (κ3) is 3.95. The lowest BCUT2D eigenvalue weighted by Crippen LogP contribution is -2.48. The van der Waals surface area contributed by atoms with Crippen LogP contribution in [0, 0.1) is 0 Å². The molecule has 0 aromatic carbocycles. The molecule has 2 aliphatic rings. The molecule has 116 valence electrons. The quantitative estimate of drug-likeness (QED) is 0.836. The van der Waals surface area contributed by atoms with E-state index in [0.717, 1.165) is 44.9 Å². The number of aliphatic carboxylic acids is 1. The number of hydrogen-bond donors (Lipinski definition) is 1. The van der Waals surface area contributed by atoms with Crippen molar-refractivity contribution in [3.8, 4) is 0 Å². The largest absolute Gasteiger partial charge is 0.480 e. The van der Waals surface area contributed by atoms with Crippen LogP contribution in [0.25, 0.3) is 0 Å². The van der Waals surface area contributed by atoms with E-state index < -0.39 is 15.8 Å². The van der Waals surface area contributed by atoms with Crippen LogP contribution in [0.3, 0.4) is 0 Å². The first kappa shape index (κ1) is 15.8. The van der Waals surface area contributed by atoms with Crippen molar-refractivity contribution in [2.45, 2.75) is 68.7 Å². The van der Waals surface area contributed by atoms with Crippen molar-refractivity contribution in [2.75, 3.05) is 12.8 Å². The number of nitrogens with zero attached hydrogens (tertiary/aromatic N) is 1. The van der Waals surface area contributed by atoms with E-state index in [4.69, 9.17) is 5.11 Å². The van der Waals surface area contributed by atoms with Crippen molar-refractivity contribution >= 4 is 15.8 Å². The summed E-state index contributed by atoms with van der Waals surface area (Å²) in [6.45, 7) is 0.0474. The van der Waals surface area contributed by atoms with Gasteiger partial charge >= 0.3 is 5.97 Å². The molecule has 0 aromatic rings. The van der Waals surface area contributed by atoms with Gasteiger partial charge in [-0.3, -0.25) is 9.69 Å². The average molecular weight is 303 g/mol. The van der Waals surface area contributed by atoms with E-state index in [1.165, 1.54) is 6.26 Å². The lowest BCUT2D eigenvalue weighted by Gasteiger charge is -2.39.